The average Bonchev–Trinajstić information content (AvgIpc) is 2.34. The molecular formula is C12H11FN4O. The van der Waals surface area contributed by atoms with Crippen LogP contribution in [-0.4, -0.2) is 15.9 Å². The van der Waals surface area contributed by atoms with Crippen LogP contribution in [0, 0.1) is 12.7 Å². The van der Waals surface area contributed by atoms with E-state index in [-0.39, 0.29) is 17.3 Å². The highest BCUT2D eigenvalue weighted by Crippen LogP contribution is 2.14. The Bertz CT molecular complexity index is 583. The van der Waals surface area contributed by atoms with Crippen LogP contribution < -0.4 is 11.1 Å². The van der Waals surface area contributed by atoms with Gasteiger partial charge in [0, 0.05) is 5.69 Å². The van der Waals surface area contributed by atoms with Crippen molar-refractivity contribution in [2.24, 2.45) is 0 Å². The second kappa shape index (κ2) is 4.79. The van der Waals surface area contributed by atoms with Gasteiger partial charge in [0.15, 0.2) is 0 Å². The normalized spacial score (nSPS) is 10.1. The summed E-state index contributed by atoms with van der Waals surface area (Å²) in [6, 6.07) is 4.31. The SMILES string of the molecule is Cc1cc(NC(=O)c2cnc(N)cn2)ccc1F. The van der Waals surface area contributed by atoms with E-state index < -0.39 is 5.91 Å². The second-order valence-corrected chi connectivity index (χ2v) is 3.74. The lowest BCUT2D eigenvalue weighted by Crippen LogP contribution is -2.14. The van der Waals surface area contributed by atoms with Gasteiger partial charge in [-0.2, -0.15) is 0 Å². The molecule has 3 N–H and O–H groups in total. The van der Waals surface area contributed by atoms with E-state index >= 15 is 0 Å². The number of hydrogen-bond acceptors (Lipinski definition) is 4. The molecule has 92 valence electrons. The Morgan fingerprint density at radius 3 is 2.72 bits per heavy atom. The molecule has 0 aliphatic heterocycles. The maximum absolute atomic E-state index is 13.1. The fourth-order valence-electron chi connectivity index (χ4n) is 1.37. The number of benzene rings is 1. The van der Waals surface area contributed by atoms with Crippen LogP contribution in [0.4, 0.5) is 15.9 Å². The fourth-order valence-corrected chi connectivity index (χ4v) is 1.37. The summed E-state index contributed by atoms with van der Waals surface area (Å²) in [4.78, 5) is 19.4. The molecule has 1 aromatic heterocycles. The van der Waals surface area contributed by atoms with E-state index in [1.165, 1.54) is 30.6 Å². The zero-order valence-corrected chi connectivity index (χ0v) is 9.64. The first-order valence-corrected chi connectivity index (χ1v) is 5.21. The summed E-state index contributed by atoms with van der Waals surface area (Å²) in [6.45, 7) is 1.62. The molecule has 2 rings (SSSR count). The Morgan fingerprint density at radius 2 is 2.11 bits per heavy atom. The quantitative estimate of drug-likeness (QED) is 0.846. The zero-order chi connectivity index (χ0) is 13.1. The number of nitrogen functional groups attached to an aromatic ring is 1. The number of anilines is 2. The summed E-state index contributed by atoms with van der Waals surface area (Å²) in [7, 11) is 0. The molecule has 0 unspecified atom stereocenters. The number of nitrogens with one attached hydrogen (secondary N) is 1. The number of halogens is 1. The van der Waals surface area contributed by atoms with E-state index in [1.54, 1.807) is 6.92 Å². The number of hydrogen-bond donors (Lipinski definition) is 2. The van der Waals surface area contributed by atoms with Gasteiger partial charge in [-0.15, -0.1) is 0 Å². The summed E-state index contributed by atoms with van der Waals surface area (Å²) >= 11 is 0. The third-order valence-corrected chi connectivity index (χ3v) is 2.32. The van der Waals surface area contributed by atoms with Crippen LogP contribution in [0.5, 0.6) is 0 Å². The summed E-state index contributed by atoms with van der Waals surface area (Å²) in [5.41, 5.74) is 6.47. The van der Waals surface area contributed by atoms with Gasteiger partial charge in [0.1, 0.15) is 17.3 Å². The zero-order valence-electron chi connectivity index (χ0n) is 9.64. The van der Waals surface area contributed by atoms with E-state index in [1.807, 2.05) is 0 Å². The minimum absolute atomic E-state index is 0.145. The Balaban J connectivity index is 2.16. The fraction of sp³-hybridized carbons (Fsp3) is 0.0833. The molecule has 5 nitrogen and oxygen atoms in total. The number of aryl methyl sites for hydroxylation is 1. The van der Waals surface area contributed by atoms with Crippen molar-refractivity contribution >= 4 is 17.4 Å². The molecule has 0 fully saturated rings. The minimum Gasteiger partial charge on any atom is -0.382 e. The van der Waals surface area contributed by atoms with E-state index in [9.17, 15) is 9.18 Å². The molecule has 0 bridgehead atoms. The maximum atomic E-state index is 13.1. The van der Waals surface area contributed by atoms with Crippen molar-refractivity contribution in [3.05, 3.63) is 47.7 Å². The third kappa shape index (κ3) is 2.60. The van der Waals surface area contributed by atoms with Crippen LogP contribution >= 0.6 is 0 Å². The van der Waals surface area contributed by atoms with Gasteiger partial charge in [0.05, 0.1) is 12.4 Å². The highest BCUT2D eigenvalue weighted by molar-refractivity contribution is 6.02. The Labute approximate surface area is 103 Å². The maximum Gasteiger partial charge on any atom is 0.275 e. The largest absolute Gasteiger partial charge is 0.382 e. The third-order valence-electron chi connectivity index (χ3n) is 2.32. The Hall–Kier alpha value is -2.50. The van der Waals surface area contributed by atoms with Crippen LogP contribution in [0.15, 0.2) is 30.6 Å². The number of amides is 1. The lowest BCUT2D eigenvalue weighted by molar-refractivity contribution is 0.102. The van der Waals surface area contributed by atoms with Gasteiger partial charge in [0.2, 0.25) is 0 Å². The summed E-state index contributed by atoms with van der Waals surface area (Å²) in [5.74, 6) is -0.502. The van der Waals surface area contributed by atoms with Gasteiger partial charge in [-0.25, -0.2) is 14.4 Å². The molecule has 0 radical (unpaired) electrons. The first kappa shape index (κ1) is 12.0. The molecule has 6 heteroatoms. The lowest BCUT2D eigenvalue weighted by Gasteiger charge is -2.05. The molecule has 0 aliphatic rings. The van der Waals surface area contributed by atoms with Crippen molar-refractivity contribution in [3.63, 3.8) is 0 Å². The van der Waals surface area contributed by atoms with Crippen molar-refractivity contribution < 1.29 is 9.18 Å². The number of rotatable bonds is 2. The van der Waals surface area contributed by atoms with Crippen LogP contribution in [0.1, 0.15) is 16.1 Å². The highest BCUT2D eigenvalue weighted by atomic mass is 19.1. The van der Waals surface area contributed by atoms with Gasteiger partial charge in [0.25, 0.3) is 5.91 Å². The molecular weight excluding hydrogens is 235 g/mol. The van der Waals surface area contributed by atoms with Crippen molar-refractivity contribution in [3.8, 4) is 0 Å². The number of nitrogens with zero attached hydrogens (tertiary/aromatic N) is 2. The number of aromatic nitrogens is 2. The van der Waals surface area contributed by atoms with Crippen LogP contribution in [-0.2, 0) is 0 Å². The smallest absolute Gasteiger partial charge is 0.275 e. The summed E-state index contributed by atoms with van der Waals surface area (Å²) in [6.07, 6.45) is 2.58. The van der Waals surface area contributed by atoms with Crippen LogP contribution in [0.2, 0.25) is 0 Å². The van der Waals surface area contributed by atoms with Crippen molar-refractivity contribution in [2.45, 2.75) is 6.92 Å². The van der Waals surface area contributed by atoms with Crippen molar-refractivity contribution in [1.82, 2.24) is 9.97 Å². The van der Waals surface area contributed by atoms with Crippen LogP contribution in [0.3, 0.4) is 0 Å². The first-order valence-electron chi connectivity index (χ1n) is 5.21. The molecule has 0 atom stereocenters. The summed E-state index contributed by atoms with van der Waals surface area (Å²) < 4.78 is 13.1. The molecule has 1 aromatic carbocycles. The average molecular weight is 246 g/mol. The van der Waals surface area contributed by atoms with E-state index in [2.05, 4.69) is 15.3 Å². The van der Waals surface area contributed by atoms with Gasteiger partial charge in [-0.3, -0.25) is 4.79 Å². The number of nitrogens with two attached hydrogens (primary N) is 1. The van der Waals surface area contributed by atoms with Crippen LogP contribution in [0.25, 0.3) is 0 Å². The molecule has 1 amide bonds. The predicted molar refractivity (Wildman–Crippen MR) is 65.5 cm³/mol. The second-order valence-electron chi connectivity index (χ2n) is 3.74. The summed E-state index contributed by atoms with van der Waals surface area (Å²) in [5, 5.41) is 2.60. The molecule has 1 heterocycles. The predicted octanol–water partition coefficient (Wildman–Crippen LogP) is 1.76. The van der Waals surface area contributed by atoms with Gasteiger partial charge < -0.3 is 11.1 Å². The molecule has 0 aliphatic carbocycles. The standard InChI is InChI=1S/C12H11FN4O/c1-7-4-8(2-3-9(7)13)17-12(18)10-5-16-11(14)6-15-10/h2-6H,1H3,(H2,14,16)(H,17,18). The number of carbonyl (C=O) groups is 1. The monoisotopic (exact) mass is 246 g/mol. The van der Waals surface area contributed by atoms with Gasteiger partial charge >= 0.3 is 0 Å². The highest BCUT2D eigenvalue weighted by Gasteiger charge is 2.08. The molecule has 0 spiro atoms. The molecule has 18 heavy (non-hydrogen) atoms. The van der Waals surface area contributed by atoms with Crippen molar-refractivity contribution in [1.29, 1.82) is 0 Å². The molecule has 2 aromatic rings. The van der Waals surface area contributed by atoms with E-state index in [0.717, 1.165) is 0 Å². The van der Waals surface area contributed by atoms with Gasteiger partial charge in [-0.1, -0.05) is 0 Å². The van der Waals surface area contributed by atoms with E-state index in [4.69, 9.17) is 5.73 Å². The van der Waals surface area contributed by atoms with Gasteiger partial charge in [-0.05, 0) is 30.7 Å². The lowest BCUT2D eigenvalue weighted by atomic mass is 10.2. The Kier molecular flexibility index (Phi) is 3.18. The first-order chi connectivity index (χ1) is 8.56. The minimum atomic E-state index is -0.423. The molecule has 0 saturated heterocycles. The number of carbonyl (C=O) groups excluding carboxylic acids is 1. The van der Waals surface area contributed by atoms with E-state index in [0.29, 0.717) is 11.3 Å². The molecule has 0 saturated carbocycles. The van der Waals surface area contributed by atoms with Crippen molar-refractivity contribution in [2.75, 3.05) is 11.1 Å². The Morgan fingerprint density at radius 1 is 1.33 bits per heavy atom. The topological polar surface area (TPSA) is 80.9 Å².